The Morgan fingerprint density at radius 2 is 1.72 bits per heavy atom. The van der Waals surface area contributed by atoms with Gasteiger partial charge in [-0.3, -0.25) is 0 Å². The summed E-state index contributed by atoms with van der Waals surface area (Å²) in [7, 11) is 2.01. The minimum absolute atomic E-state index is 0.523. The molecule has 0 radical (unpaired) electrons. The molecule has 1 heteroatoms. The summed E-state index contributed by atoms with van der Waals surface area (Å²) in [5, 5.41) is 3.27. The van der Waals surface area contributed by atoms with Crippen LogP contribution in [0.1, 0.15) is 18.1 Å². The molecule has 0 bridgehead atoms. The molecule has 94 valence electrons. The Labute approximate surface area is 110 Å². The van der Waals surface area contributed by atoms with E-state index >= 15 is 0 Å². The molecule has 0 aliphatic heterocycles. The van der Waals surface area contributed by atoms with Crippen LogP contribution in [0.5, 0.6) is 0 Å². The van der Waals surface area contributed by atoms with Gasteiger partial charge >= 0.3 is 0 Å². The van der Waals surface area contributed by atoms with Crippen molar-refractivity contribution in [3.05, 3.63) is 59.7 Å². The topological polar surface area (TPSA) is 12.0 Å². The average molecular weight is 239 g/mol. The van der Waals surface area contributed by atoms with E-state index in [4.69, 9.17) is 0 Å². The van der Waals surface area contributed by atoms with Crippen molar-refractivity contribution >= 4 is 0 Å². The van der Waals surface area contributed by atoms with Crippen LogP contribution in [0.4, 0.5) is 0 Å². The van der Waals surface area contributed by atoms with Crippen LogP contribution >= 0.6 is 0 Å². The Balaban J connectivity index is 2.17. The van der Waals surface area contributed by atoms with Crippen molar-refractivity contribution in [2.75, 3.05) is 7.05 Å². The molecule has 0 saturated carbocycles. The lowest BCUT2D eigenvalue weighted by molar-refractivity contribution is 0.608. The summed E-state index contributed by atoms with van der Waals surface area (Å²) in [6.45, 7) is 4.33. The van der Waals surface area contributed by atoms with Gasteiger partial charge in [0.2, 0.25) is 0 Å². The number of nitrogens with one attached hydrogen (secondary N) is 1. The zero-order chi connectivity index (χ0) is 13.0. The SMILES string of the molecule is CNC(C)Cc1ccc(-c2cccc(C)c2)cc1. The molecule has 2 rings (SSSR count). The maximum absolute atomic E-state index is 3.27. The molecule has 0 aliphatic rings. The molecule has 2 aromatic rings. The van der Waals surface area contributed by atoms with Gasteiger partial charge in [0.25, 0.3) is 0 Å². The highest BCUT2D eigenvalue weighted by atomic mass is 14.8. The van der Waals surface area contributed by atoms with E-state index < -0.39 is 0 Å². The van der Waals surface area contributed by atoms with Gasteiger partial charge < -0.3 is 5.32 Å². The second-order valence-electron chi connectivity index (χ2n) is 4.96. The normalized spacial score (nSPS) is 12.4. The number of hydrogen-bond donors (Lipinski definition) is 1. The molecule has 0 aliphatic carbocycles. The summed E-state index contributed by atoms with van der Waals surface area (Å²) in [5.74, 6) is 0. The lowest BCUT2D eigenvalue weighted by Gasteiger charge is -2.10. The van der Waals surface area contributed by atoms with Gasteiger partial charge in [0.05, 0.1) is 0 Å². The fourth-order valence-corrected chi connectivity index (χ4v) is 2.11. The highest BCUT2D eigenvalue weighted by molar-refractivity contribution is 5.64. The summed E-state index contributed by atoms with van der Waals surface area (Å²) in [6.07, 6.45) is 1.07. The predicted octanol–water partition coefficient (Wildman–Crippen LogP) is 3.81. The Bertz CT molecular complexity index is 499. The largest absolute Gasteiger partial charge is 0.317 e. The summed E-state index contributed by atoms with van der Waals surface area (Å²) < 4.78 is 0. The van der Waals surface area contributed by atoms with E-state index in [0.29, 0.717) is 6.04 Å². The second-order valence-corrected chi connectivity index (χ2v) is 4.96. The van der Waals surface area contributed by atoms with E-state index in [0.717, 1.165) is 6.42 Å². The van der Waals surface area contributed by atoms with Crippen molar-refractivity contribution in [2.24, 2.45) is 0 Å². The first kappa shape index (κ1) is 12.8. The molecule has 0 spiro atoms. The third kappa shape index (κ3) is 3.21. The Morgan fingerprint density at radius 3 is 2.33 bits per heavy atom. The Kier molecular flexibility index (Phi) is 4.16. The van der Waals surface area contributed by atoms with Crippen LogP contribution in [0.15, 0.2) is 48.5 Å². The molecular weight excluding hydrogens is 218 g/mol. The molecule has 1 nitrogen and oxygen atoms in total. The molecule has 0 amide bonds. The highest BCUT2D eigenvalue weighted by Gasteiger charge is 2.02. The van der Waals surface area contributed by atoms with E-state index in [1.54, 1.807) is 0 Å². The van der Waals surface area contributed by atoms with Crippen molar-refractivity contribution in [3.63, 3.8) is 0 Å². The van der Waals surface area contributed by atoms with Crippen LogP contribution in [-0.4, -0.2) is 13.1 Å². The molecule has 18 heavy (non-hydrogen) atoms. The third-order valence-electron chi connectivity index (χ3n) is 3.34. The van der Waals surface area contributed by atoms with Gasteiger partial charge in [-0.1, -0.05) is 54.1 Å². The van der Waals surface area contributed by atoms with Crippen LogP contribution < -0.4 is 5.32 Å². The van der Waals surface area contributed by atoms with Crippen molar-refractivity contribution in [3.8, 4) is 11.1 Å². The van der Waals surface area contributed by atoms with Gasteiger partial charge in [-0.25, -0.2) is 0 Å². The van der Waals surface area contributed by atoms with E-state index in [9.17, 15) is 0 Å². The van der Waals surface area contributed by atoms with Crippen molar-refractivity contribution in [1.82, 2.24) is 5.32 Å². The molecule has 1 atom stereocenters. The van der Waals surface area contributed by atoms with Gasteiger partial charge in [-0.05, 0) is 44.0 Å². The summed E-state index contributed by atoms with van der Waals surface area (Å²) in [5.41, 5.74) is 5.27. The van der Waals surface area contributed by atoms with Crippen LogP contribution in [-0.2, 0) is 6.42 Å². The Hall–Kier alpha value is -1.60. The minimum atomic E-state index is 0.523. The van der Waals surface area contributed by atoms with Crippen LogP contribution in [0.2, 0.25) is 0 Å². The van der Waals surface area contributed by atoms with E-state index in [1.165, 1.54) is 22.3 Å². The molecule has 0 aromatic heterocycles. The first-order valence-electron chi connectivity index (χ1n) is 6.52. The molecule has 1 unspecified atom stereocenters. The van der Waals surface area contributed by atoms with E-state index in [2.05, 4.69) is 67.7 Å². The fraction of sp³-hybridized carbons (Fsp3) is 0.294. The summed E-state index contributed by atoms with van der Waals surface area (Å²) >= 11 is 0. The highest BCUT2D eigenvalue weighted by Crippen LogP contribution is 2.21. The maximum Gasteiger partial charge on any atom is 0.00761 e. The van der Waals surface area contributed by atoms with Gasteiger partial charge in [0, 0.05) is 6.04 Å². The maximum atomic E-state index is 3.27. The van der Waals surface area contributed by atoms with Crippen molar-refractivity contribution < 1.29 is 0 Å². The zero-order valence-corrected chi connectivity index (χ0v) is 11.4. The van der Waals surface area contributed by atoms with Gasteiger partial charge in [0.1, 0.15) is 0 Å². The van der Waals surface area contributed by atoms with Crippen molar-refractivity contribution in [1.29, 1.82) is 0 Å². The smallest absolute Gasteiger partial charge is 0.00761 e. The predicted molar refractivity (Wildman–Crippen MR) is 78.8 cm³/mol. The van der Waals surface area contributed by atoms with E-state index in [1.807, 2.05) is 7.05 Å². The molecule has 2 aromatic carbocycles. The minimum Gasteiger partial charge on any atom is -0.317 e. The van der Waals surface area contributed by atoms with E-state index in [-0.39, 0.29) is 0 Å². The Morgan fingerprint density at radius 1 is 1.00 bits per heavy atom. The van der Waals surface area contributed by atoms with Gasteiger partial charge in [0.15, 0.2) is 0 Å². The molecule has 0 heterocycles. The molecule has 0 saturated heterocycles. The second kappa shape index (κ2) is 5.83. The summed E-state index contributed by atoms with van der Waals surface area (Å²) in [4.78, 5) is 0. The first-order valence-corrected chi connectivity index (χ1v) is 6.52. The summed E-state index contributed by atoms with van der Waals surface area (Å²) in [6, 6.07) is 18.0. The number of likely N-dealkylation sites (N-methyl/N-ethyl adjacent to an activating group) is 1. The fourth-order valence-electron chi connectivity index (χ4n) is 2.11. The first-order chi connectivity index (χ1) is 8.69. The quantitative estimate of drug-likeness (QED) is 0.855. The van der Waals surface area contributed by atoms with Crippen LogP contribution in [0.3, 0.4) is 0 Å². The number of rotatable bonds is 4. The van der Waals surface area contributed by atoms with Gasteiger partial charge in [-0.2, -0.15) is 0 Å². The molecular formula is C17H21N. The zero-order valence-electron chi connectivity index (χ0n) is 11.4. The van der Waals surface area contributed by atoms with Crippen LogP contribution in [0.25, 0.3) is 11.1 Å². The standard InChI is InChI=1S/C17H21N/c1-13-5-4-6-17(11-13)16-9-7-15(8-10-16)12-14(2)18-3/h4-11,14,18H,12H2,1-3H3. The van der Waals surface area contributed by atoms with Gasteiger partial charge in [-0.15, -0.1) is 0 Å². The lowest BCUT2D eigenvalue weighted by Crippen LogP contribution is -2.23. The lowest BCUT2D eigenvalue weighted by atomic mass is 10.00. The average Bonchev–Trinajstić information content (AvgIpc) is 2.39. The number of hydrogen-bond acceptors (Lipinski definition) is 1. The number of benzene rings is 2. The molecule has 1 N–H and O–H groups in total. The number of aryl methyl sites for hydroxylation is 1. The van der Waals surface area contributed by atoms with Crippen molar-refractivity contribution in [2.45, 2.75) is 26.3 Å². The third-order valence-corrected chi connectivity index (χ3v) is 3.34. The van der Waals surface area contributed by atoms with Crippen LogP contribution in [0, 0.1) is 6.92 Å². The molecule has 0 fully saturated rings. The monoisotopic (exact) mass is 239 g/mol.